The molecular formula is C24H32N2O3. The van der Waals surface area contributed by atoms with Gasteiger partial charge in [0.25, 0.3) is 11.8 Å². The van der Waals surface area contributed by atoms with E-state index < -0.39 is 6.10 Å². The van der Waals surface area contributed by atoms with E-state index in [0.717, 1.165) is 16.9 Å². The van der Waals surface area contributed by atoms with Gasteiger partial charge in [0.05, 0.1) is 0 Å². The molecule has 0 spiro atoms. The van der Waals surface area contributed by atoms with Crippen molar-refractivity contribution in [2.45, 2.75) is 53.6 Å². The molecule has 0 saturated heterocycles. The maximum atomic E-state index is 12.7. The van der Waals surface area contributed by atoms with E-state index in [2.05, 4.69) is 19.2 Å². The summed E-state index contributed by atoms with van der Waals surface area (Å²) in [7, 11) is 0. The molecule has 2 aromatic carbocycles. The van der Waals surface area contributed by atoms with E-state index >= 15 is 0 Å². The first kappa shape index (κ1) is 22.5. The van der Waals surface area contributed by atoms with E-state index in [1.54, 1.807) is 36.1 Å². The van der Waals surface area contributed by atoms with Gasteiger partial charge in [-0.3, -0.25) is 9.59 Å². The molecule has 2 amide bonds. The van der Waals surface area contributed by atoms with Crippen LogP contribution >= 0.6 is 0 Å². The van der Waals surface area contributed by atoms with Crippen LogP contribution in [0, 0.1) is 6.92 Å². The number of ether oxygens (including phenoxy) is 1. The third kappa shape index (κ3) is 5.83. The topological polar surface area (TPSA) is 58.6 Å². The number of amides is 2. The quantitative estimate of drug-likeness (QED) is 0.683. The van der Waals surface area contributed by atoms with Gasteiger partial charge in [-0.25, -0.2) is 0 Å². The van der Waals surface area contributed by atoms with E-state index in [4.69, 9.17) is 4.74 Å². The fraction of sp³-hybridized carbons (Fsp3) is 0.417. The van der Waals surface area contributed by atoms with Crippen LogP contribution in [-0.2, 0) is 4.79 Å². The number of carbonyl (C=O) groups excluding carboxylic acids is 2. The van der Waals surface area contributed by atoms with Crippen LogP contribution in [0.2, 0.25) is 0 Å². The largest absolute Gasteiger partial charge is 0.481 e. The Bertz CT molecular complexity index is 857. The number of aryl methyl sites for hydroxylation is 1. The molecule has 5 nitrogen and oxygen atoms in total. The number of nitrogens with zero attached hydrogens (tertiary/aromatic N) is 1. The number of nitrogens with one attached hydrogen (secondary N) is 1. The van der Waals surface area contributed by atoms with Crippen LogP contribution in [0.3, 0.4) is 0 Å². The molecule has 1 atom stereocenters. The average Bonchev–Trinajstić information content (AvgIpc) is 2.68. The summed E-state index contributed by atoms with van der Waals surface area (Å²) in [6.07, 6.45) is -0.670. The smallest absolute Gasteiger partial charge is 0.265 e. The zero-order valence-corrected chi connectivity index (χ0v) is 18.3. The molecule has 1 N–H and O–H groups in total. The lowest BCUT2D eigenvalue weighted by Crippen LogP contribution is -2.31. The summed E-state index contributed by atoms with van der Waals surface area (Å²) < 4.78 is 5.99. The number of anilines is 1. The highest BCUT2D eigenvalue weighted by molar-refractivity contribution is 5.98. The van der Waals surface area contributed by atoms with Gasteiger partial charge in [0.1, 0.15) is 5.75 Å². The van der Waals surface area contributed by atoms with Crippen molar-refractivity contribution >= 4 is 17.5 Å². The van der Waals surface area contributed by atoms with Gasteiger partial charge in [-0.15, -0.1) is 0 Å². The van der Waals surface area contributed by atoms with E-state index in [1.165, 1.54) is 0 Å². The van der Waals surface area contributed by atoms with E-state index in [-0.39, 0.29) is 11.8 Å². The number of hydrogen-bond donors (Lipinski definition) is 1. The van der Waals surface area contributed by atoms with Gasteiger partial charge in [-0.2, -0.15) is 0 Å². The van der Waals surface area contributed by atoms with Crippen LogP contribution in [-0.4, -0.2) is 35.9 Å². The van der Waals surface area contributed by atoms with Gasteiger partial charge in [-0.1, -0.05) is 32.0 Å². The molecule has 0 radical (unpaired) electrons. The lowest BCUT2D eigenvalue weighted by molar-refractivity contribution is -0.122. The van der Waals surface area contributed by atoms with Gasteiger partial charge < -0.3 is 15.0 Å². The van der Waals surface area contributed by atoms with Crippen molar-refractivity contribution in [1.29, 1.82) is 0 Å². The predicted octanol–water partition coefficient (Wildman–Crippen LogP) is 5.01. The second-order valence-corrected chi connectivity index (χ2v) is 7.50. The molecule has 2 rings (SSSR count). The Labute approximate surface area is 174 Å². The Morgan fingerprint density at radius 2 is 1.72 bits per heavy atom. The zero-order valence-electron chi connectivity index (χ0n) is 18.3. The normalized spacial score (nSPS) is 11.8. The van der Waals surface area contributed by atoms with E-state index in [1.807, 2.05) is 39.0 Å². The van der Waals surface area contributed by atoms with Crippen molar-refractivity contribution in [3.8, 4) is 5.75 Å². The molecule has 0 heterocycles. The van der Waals surface area contributed by atoms with Crippen LogP contribution in [0.15, 0.2) is 42.5 Å². The Balaban J connectivity index is 2.12. The second kappa shape index (κ2) is 10.1. The van der Waals surface area contributed by atoms with Crippen molar-refractivity contribution in [3.63, 3.8) is 0 Å². The molecule has 5 heteroatoms. The maximum absolute atomic E-state index is 12.7. The van der Waals surface area contributed by atoms with Crippen molar-refractivity contribution in [2.75, 3.05) is 18.4 Å². The number of benzene rings is 2. The van der Waals surface area contributed by atoms with Crippen LogP contribution in [0.5, 0.6) is 5.75 Å². The van der Waals surface area contributed by atoms with Gasteiger partial charge in [0, 0.05) is 24.3 Å². The Morgan fingerprint density at radius 1 is 1.03 bits per heavy atom. The van der Waals surface area contributed by atoms with Gasteiger partial charge in [0.2, 0.25) is 0 Å². The molecule has 0 fully saturated rings. The molecule has 0 bridgehead atoms. The molecule has 156 valence electrons. The monoisotopic (exact) mass is 396 g/mol. The van der Waals surface area contributed by atoms with Crippen LogP contribution < -0.4 is 10.1 Å². The highest BCUT2D eigenvalue weighted by Crippen LogP contribution is 2.28. The number of hydrogen-bond acceptors (Lipinski definition) is 3. The molecule has 0 saturated carbocycles. The van der Waals surface area contributed by atoms with Crippen LogP contribution in [0.4, 0.5) is 5.69 Å². The molecule has 2 aromatic rings. The zero-order chi connectivity index (χ0) is 21.6. The Kier molecular flexibility index (Phi) is 7.82. The number of rotatable bonds is 8. The van der Waals surface area contributed by atoms with Gasteiger partial charge in [0.15, 0.2) is 6.10 Å². The molecule has 0 aliphatic heterocycles. The minimum Gasteiger partial charge on any atom is -0.481 e. The Morgan fingerprint density at radius 3 is 2.34 bits per heavy atom. The SMILES string of the molecule is CCN(CC)C(=O)c1cccc(NC(=O)C(C)Oc2cc(C)ccc2C(C)C)c1. The van der Waals surface area contributed by atoms with Crippen LogP contribution in [0.25, 0.3) is 0 Å². The summed E-state index contributed by atoms with van der Waals surface area (Å²) in [6.45, 7) is 13.1. The van der Waals surface area contributed by atoms with Crippen molar-refractivity contribution in [2.24, 2.45) is 0 Å². The summed E-state index contributed by atoms with van der Waals surface area (Å²) in [5.41, 5.74) is 3.29. The first-order valence-corrected chi connectivity index (χ1v) is 10.2. The first-order chi connectivity index (χ1) is 13.8. The highest BCUT2D eigenvalue weighted by atomic mass is 16.5. The molecule has 0 aliphatic carbocycles. The Hall–Kier alpha value is -2.82. The predicted molar refractivity (Wildman–Crippen MR) is 118 cm³/mol. The third-order valence-electron chi connectivity index (χ3n) is 4.89. The van der Waals surface area contributed by atoms with Crippen LogP contribution in [0.1, 0.15) is 62.0 Å². The molecule has 1 unspecified atom stereocenters. The number of carbonyl (C=O) groups is 2. The van der Waals surface area contributed by atoms with Gasteiger partial charge in [-0.05, 0) is 69.0 Å². The lowest BCUT2D eigenvalue weighted by atomic mass is 10.0. The van der Waals surface area contributed by atoms with E-state index in [0.29, 0.717) is 30.3 Å². The van der Waals surface area contributed by atoms with Gasteiger partial charge >= 0.3 is 0 Å². The maximum Gasteiger partial charge on any atom is 0.265 e. The summed E-state index contributed by atoms with van der Waals surface area (Å²) in [4.78, 5) is 27.0. The summed E-state index contributed by atoms with van der Waals surface area (Å²) >= 11 is 0. The molecule has 0 aliphatic rings. The summed E-state index contributed by atoms with van der Waals surface area (Å²) in [5, 5.41) is 2.86. The summed E-state index contributed by atoms with van der Waals surface area (Å²) in [6, 6.07) is 13.1. The fourth-order valence-electron chi connectivity index (χ4n) is 3.13. The second-order valence-electron chi connectivity index (χ2n) is 7.50. The molecule has 0 aromatic heterocycles. The third-order valence-corrected chi connectivity index (χ3v) is 4.89. The van der Waals surface area contributed by atoms with Crippen molar-refractivity contribution in [1.82, 2.24) is 4.90 Å². The van der Waals surface area contributed by atoms with E-state index in [9.17, 15) is 9.59 Å². The standard InChI is InChI=1S/C24H32N2O3/c1-7-26(8-2)24(28)19-10-9-11-20(15-19)25-23(27)18(6)29-22-14-17(5)12-13-21(22)16(3)4/h9-16,18H,7-8H2,1-6H3,(H,25,27). The molecule has 29 heavy (non-hydrogen) atoms. The van der Waals surface area contributed by atoms with Crippen molar-refractivity contribution in [3.05, 3.63) is 59.2 Å². The molecular weight excluding hydrogens is 364 g/mol. The highest BCUT2D eigenvalue weighted by Gasteiger charge is 2.19. The summed E-state index contributed by atoms with van der Waals surface area (Å²) in [5.74, 6) is 0.724. The van der Waals surface area contributed by atoms with Crippen molar-refractivity contribution < 1.29 is 14.3 Å². The fourth-order valence-corrected chi connectivity index (χ4v) is 3.13. The minimum atomic E-state index is -0.670. The average molecular weight is 397 g/mol. The lowest BCUT2D eigenvalue weighted by Gasteiger charge is -2.20. The minimum absolute atomic E-state index is 0.0447. The first-order valence-electron chi connectivity index (χ1n) is 10.2.